The lowest BCUT2D eigenvalue weighted by Gasteiger charge is -2.37. The largest absolute Gasteiger partial charge is 0.348 e. The van der Waals surface area contributed by atoms with Gasteiger partial charge in [-0.3, -0.25) is 0 Å². The smallest absolute Gasteiger partial charge is 0.318 e. The fourth-order valence-electron chi connectivity index (χ4n) is 3.51. The highest BCUT2D eigenvalue weighted by Gasteiger charge is 2.32. The minimum atomic E-state index is -0.916. The number of carbonyl (C=O) groups excluding carboxylic acids is 1. The lowest BCUT2D eigenvalue weighted by Crippen LogP contribution is -2.47. The summed E-state index contributed by atoms with van der Waals surface area (Å²) < 4.78 is 29.3. The van der Waals surface area contributed by atoms with Gasteiger partial charge in [-0.15, -0.1) is 0 Å². The van der Waals surface area contributed by atoms with Gasteiger partial charge in [-0.1, -0.05) is 36.4 Å². The predicted molar refractivity (Wildman–Crippen MR) is 98.0 cm³/mol. The van der Waals surface area contributed by atoms with Crippen molar-refractivity contribution in [3.05, 3.63) is 95.3 Å². The van der Waals surface area contributed by atoms with Gasteiger partial charge >= 0.3 is 6.03 Å². The number of nitrogens with zero attached hydrogens (tertiary/aromatic N) is 2. The monoisotopic (exact) mass is 367 g/mol. The van der Waals surface area contributed by atoms with Crippen LogP contribution >= 0.6 is 0 Å². The second-order valence-corrected chi connectivity index (χ2v) is 6.54. The van der Waals surface area contributed by atoms with Crippen LogP contribution in [0.15, 0.2) is 66.9 Å². The summed E-state index contributed by atoms with van der Waals surface area (Å²) >= 11 is 0. The van der Waals surface area contributed by atoms with Gasteiger partial charge in [-0.2, -0.15) is 0 Å². The first-order valence-electron chi connectivity index (χ1n) is 8.82. The van der Waals surface area contributed by atoms with Crippen LogP contribution in [0.5, 0.6) is 0 Å². The molecule has 138 valence electrons. The first kappa shape index (κ1) is 17.3. The van der Waals surface area contributed by atoms with Gasteiger partial charge in [-0.25, -0.2) is 13.6 Å². The highest BCUT2D eigenvalue weighted by Crippen LogP contribution is 2.33. The van der Waals surface area contributed by atoms with Crippen molar-refractivity contribution >= 4 is 6.03 Å². The van der Waals surface area contributed by atoms with Gasteiger partial charge in [0.25, 0.3) is 0 Å². The molecule has 4 nitrogen and oxygen atoms in total. The maximum atomic E-state index is 13.8. The van der Waals surface area contributed by atoms with E-state index in [-0.39, 0.29) is 6.03 Å². The Labute approximate surface area is 156 Å². The first-order valence-corrected chi connectivity index (χ1v) is 8.82. The number of rotatable bonds is 3. The molecular weight excluding hydrogens is 348 g/mol. The first-order chi connectivity index (χ1) is 13.1. The molecule has 27 heavy (non-hydrogen) atoms. The third kappa shape index (κ3) is 3.43. The van der Waals surface area contributed by atoms with Crippen molar-refractivity contribution in [1.29, 1.82) is 0 Å². The zero-order valence-corrected chi connectivity index (χ0v) is 14.6. The van der Waals surface area contributed by atoms with Gasteiger partial charge < -0.3 is 14.8 Å². The standard InChI is InChI=1S/C21H19F2N3O/c22-17-9-8-16(13-18(17)23)20-19-7-4-10-25(19)11-12-26(20)21(27)24-14-15-5-2-1-3-6-15/h1-10,13,20H,11-12,14H2,(H,24,27). The SMILES string of the molecule is O=C(NCc1ccccc1)N1CCn2cccc2C1c1ccc(F)c(F)c1. The number of aromatic nitrogens is 1. The number of amides is 2. The van der Waals surface area contributed by atoms with E-state index in [2.05, 4.69) is 5.32 Å². The number of fused-ring (bicyclic) bond motifs is 1. The lowest BCUT2D eigenvalue weighted by molar-refractivity contribution is 0.168. The number of halogens is 2. The molecule has 1 atom stereocenters. The number of hydrogen-bond acceptors (Lipinski definition) is 1. The van der Waals surface area contributed by atoms with E-state index >= 15 is 0 Å². The van der Waals surface area contributed by atoms with E-state index in [0.717, 1.165) is 17.3 Å². The summed E-state index contributed by atoms with van der Waals surface area (Å²) in [5.41, 5.74) is 2.42. The predicted octanol–water partition coefficient (Wildman–Crippen LogP) is 4.08. The van der Waals surface area contributed by atoms with Crippen LogP contribution < -0.4 is 5.32 Å². The maximum Gasteiger partial charge on any atom is 0.318 e. The summed E-state index contributed by atoms with van der Waals surface area (Å²) in [5, 5.41) is 2.93. The number of hydrogen-bond donors (Lipinski definition) is 1. The average molecular weight is 367 g/mol. The average Bonchev–Trinajstić information content (AvgIpc) is 3.17. The number of urea groups is 1. The van der Waals surface area contributed by atoms with Crippen molar-refractivity contribution in [2.75, 3.05) is 6.54 Å². The van der Waals surface area contributed by atoms with Gasteiger partial charge in [0.15, 0.2) is 11.6 Å². The third-order valence-electron chi connectivity index (χ3n) is 4.85. The summed E-state index contributed by atoms with van der Waals surface area (Å²) in [7, 11) is 0. The van der Waals surface area contributed by atoms with Crippen LogP contribution in [0.1, 0.15) is 22.9 Å². The van der Waals surface area contributed by atoms with E-state index < -0.39 is 17.7 Å². The highest BCUT2D eigenvalue weighted by molar-refractivity contribution is 5.75. The summed E-state index contributed by atoms with van der Waals surface area (Å²) in [6, 6.07) is 16.5. The fourth-order valence-corrected chi connectivity index (χ4v) is 3.51. The van der Waals surface area contributed by atoms with Crippen LogP contribution in [0.2, 0.25) is 0 Å². The van der Waals surface area contributed by atoms with Crippen LogP contribution in [0, 0.1) is 11.6 Å². The molecule has 0 bridgehead atoms. The molecule has 1 aliphatic heterocycles. The zero-order chi connectivity index (χ0) is 18.8. The highest BCUT2D eigenvalue weighted by atomic mass is 19.2. The molecule has 0 radical (unpaired) electrons. The molecule has 1 N–H and O–H groups in total. The normalized spacial score (nSPS) is 16.1. The fraction of sp³-hybridized carbons (Fsp3) is 0.190. The van der Waals surface area contributed by atoms with Gasteiger partial charge in [0.2, 0.25) is 0 Å². The van der Waals surface area contributed by atoms with E-state index in [9.17, 15) is 13.6 Å². The van der Waals surface area contributed by atoms with Crippen molar-refractivity contribution in [3.8, 4) is 0 Å². The quantitative estimate of drug-likeness (QED) is 0.744. The molecule has 4 rings (SSSR count). The number of nitrogens with one attached hydrogen (secondary N) is 1. The van der Waals surface area contributed by atoms with Crippen LogP contribution in [-0.4, -0.2) is 22.0 Å². The molecule has 6 heteroatoms. The Hall–Kier alpha value is -3.15. The lowest BCUT2D eigenvalue weighted by atomic mass is 10.00. The summed E-state index contributed by atoms with van der Waals surface area (Å²) in [6.45, 7) is 1.54. The molecule has 0 spiro atoms. The Morgan fingerprint density at radius 2 is 1.81 bits per heavy atom. The molecule has 0 saturated carbocycles. The molecule has 2 amide bonds. The Morgan fingerprint density at radius 3 is 2.59 bits per heavy atom. The van der Waals surface area contributed by atoms with Crippen molar-refractivity contribution in [1.82, 2.24) is 14.8 Å². The second-order valence-electron chi connectivity index (χ2n) is 6.54. The molecular formula is C21H19F2N3O. The Morgan fingerprint density at radius 1 is 1.00 bits per heavy atom. The Bertz CT molecular complexity index is 955. The number of carbonyl (C=O) groups is 1. The minimum Gasteiger partial charge on any atom is -0.348 e. The second kappa shape index (κ2) is 7.23. The molecule has 0 aliphatic carbocycles. The van der Waals surface area contributed by atoms with E-state index in [0.29, 0.717) is 25.2 Å². The van der Waals surface area contributed by atoms with E-state index in [1.165, 1.54) is 12.1 Å². The maximum absolute atomic E-state index is 13.8. The molecule has 1 aromatic heterocycles. The molecule has 0 saturated heterocycles. The van der Waals surface area contributed by atoms with Gasteiger partial charge in [0.05, 0.1) is 6.04 Å². The van der Waals surface area contributed by atoms with Crippen molar-refractivity contribution in [3.63, 3.8) is 0 Å². The minimum absolute atomic E-state index is 0.235. The van der Waals surface area contributed by atoms with Crippen molar-refractivity contribution in [2.45, 2.75) is 19.1 Å². The molecule has 3 aromatic rings. The summed E-state index contributed by atoms with van der Waals surface area (Å²) in [4.78, 5) is 14.5. The summed E-state index contributed by atoms with van der Waals surface area (Å²) in [5.74, 6) is -1.81. The zero-order valence-electron chi connectivity index (χ0n) is 14.6. The van der Waals surface area contributed by atoms with E-state index in [4.69, 9.17) is 0 Å². The third-order valence-corrected chi connectivity index (χ3v) is 4.85. The Kier molecular flexibility index (Phi) is 4.62. The van der Waals surface area contributed by atoms with Gasteiger partial charge in [0.1, 0.15) is 0 Å². The molecule has 0 fully saturated rings. The number of benzene rings is 2. The molecule has 1 aliphatic rings. The van der Waals surface area contributed by atoms with Crippen LogP contribution in [-0.2, 0) is 13.1 Å². The molecule has 2 aromatic carbocycles. The van der Waals surface area contributed by atoms with Crippen molar-refractivity contribution < 1.29 is 13.6 Å². The van der Waals surface area contributed by atoms with E-state index in [1.807, 2.05) is 53.2 Å². The van der Waals surface area contributed by atoms with E-state index in [1.54, 1.807) is 4.90 Å². The van der Waals surface area contributed by atoms with Gasteiger partial charge in [0, 0.05) is 31.5 Å². The van der Waals surface area contributed by atoms with Gasteiger partial charge in [-0.05, 0) is 35.4 Å². The molecule has 2 heterocycles. The topological polar surface area (TPSA) is 37.3 Å². The van der Waals surface area contributed by atoms with Crippen LogP contribution in [0.4, 0.5) is 13.6 Å². The van der Waals surface area contributed by atoms with Crippen LogP contribution in [0.25, 0.3) is 0 Å². The molecule has 1 unspecified atom stereocenters. The summed E-state index contributed by atoms with van der Waals surface area (Å²) in [6.07, 6.45) is 1.93. The van der Waals surface area contributed by atoms with Crippen LogP contribution in [0.3, 0.4) is 0 Å². The van der Waals surface area contributed by atoms with Crippen molar-refractivity contribution in [2.24, 2.45) is 0 Å². The Balaban J connectivity index is 1.62.